The summed E-state index contributed by atoms with van der Waals surface area (Å²) >= 11 is 7.18. The van der Waals surface area contributed by atoms with Gasteiger partial charge in [-0.25, -0.2) is 4.98 Å². The number of aryl methyl sites for hydroxylation is 2. The number of rotatable bonds is 5. The Kier molecular flexibility index (Phi) is 5.05. The molecule has 0 saturated heterocycles. The summed E-state index contributed by atoms with van der Waals surface area (Å²) in [5, 5.41) is 3.43. The molecule has 3 nitrogen and oxygen atoms in total. The van der Waals surface area contributed by atoms with Gasteiger partial charge in [0.1, 0.15) is 5.82 Å². The Hall–Kier alpha value is -0.810. The van der Waals surface area contributed by atoms with Gasteiger partial charge in [-0.2, -0.15) is 0 Å². The van der Waals surface area contributed by atoms with Crippen LogP contribution in [0.3, 0.4) is 0 Å². The van der Waals surface area contributed by atoms with Gasteiger partial charge in [0.25, 0.3) is 0 Å². The summed E-state index contributed by atoms with van der Waals surface area (Å²) in [4.78, 5) is 4.40. The van der Waals surface area contributed by atoms with Crippen LogP contribution in [0.15, 0.2) is 33.5 Å². The molecular weight excluding hydrogens is 370 g/mol. The fraction of sp³-hybridized carbons (Fsp3) is 0.357. The first kappa shape index (κ1) is 14.6. The summed E-state index contributed by atoms with van der Waals surface area (Å²) in [5.74, 6) is 1.06. The zero-order valence-corrected chi connectivity index (χ0v) is 14.3. The van der Waals surface area contributed by atoms with Gasteiger partial charge >= 0.3 is 0 Å². The monoisotopic (exact) mass is 385 g/mol. The highest BCUT2D eigenvalue weighted by molar-refractivity contribution is 9.11. The predicted octanol–water partition coefficient (Wildman–Crippen LogP) is 4.74. The van der Waals surface area contributed by atoms with Gasteiger partial charge < -0.3 is 9.88 Å². The maximum absolute atomic E-state index is 4.40. The molecule has 1 aromatic carbocycles. The second-order valence-electron chi connectivity index (χ2n) is 4.49. The van der Waals surface area contributed by atoms with Crippen LogP contribution in [0.5, 0.6) is 0 Å². The van der Waals surface area contributed by atoms with E-state index in [1.165, 1.54) is 5.56 Å². The molecule has 2 aromatic rings. The van der Waals surface area contributed by atoms with Crippen molar-refractivity contribution in [2.24, 2.45) is 0 Å². The van der Waals surface area contributed by atoms with Gasteiger partial charge in [-0.05, 0) is 62.9 Å². The summed E-state index contributed by atoms with van der Waals surface area (Å²) in [6, 6.07) is 4.21. The molecule has 0 unspecified atom stereocenters. The van der Waals surface area contributed by atoms with E-state index in [9.17, 15) is 0 Å². The molecule has 1 heterocycles. The Morgan fingerprint density at radius 3 is 2.58 bits per heavy atom. The standard InChI is InChI=1S/C14H17Br2N3/c1-3-5-19-6-4-17-13(19)9-18-14-11(15)7-10(2)8-12(14)16/h4,6-8,18H,3,5,9H2,1-2H3. The minimum atomic E-state index is 0.716. The Labute approximate surface area is 130 Å². The number of benzene rings is 1. The molecule has 0 aliphatic rings. The van der Waals surface area contributed by atoms with Crippen LogP contribution in [-0.4, -0.2) is 9.55 Å². The molecule has 5 heteroatoms. The van der Waals surface area contributed by atoms with Crippen molar-refractivity contribution in [1.82, 2.24) is 9.55 Å². The molecule has 0 fully saturated rings. The van der Waals surface area contributed by atoms with Crippen LogP contribution in [0.25, 0.3) is 0 Å². The van der Waals surface area contributed by atoms with E-state index in [1.54, 1.807) is 0 Å². The summed E-state index contributed by atoms with van der Waals surface area (Å²) in [5.41, 5.74) is 2.29. The summed E-state index contributed by atoms with van der Waals surface area (Å²) in [6.07, 6.45) is 4.99. The van der Waals surface area contributed by atoms with E-state index in [0.29, 0.717) is 6.54 Å². The van der Waals surface area contributed by atoms with Crippen LogP contribution in [0.1, 0.15) is 24.7 Å². The van der Waals surface area contributed by atoms with Crippen molar-refractivity contribution in [1.29, 1.82) is 0 Å². The van der Waals surface area contributed by atoms with E-state index in [0.717, 1.165) is 33.4 Å². The van der Waals surface area contributed by atoms with Crippen molar-refractivity contribution in [3.8, 4) is 0 Å². The second-order valence-corrected chi connectivity index (χ2v) is 6.20. The molecule has 0 aliphatic carbocycles. The topological polar surface area (TPSA) is 29.9 Å². The van der Waals surface area contributed by atoms with Crippen molar-refractivity contribution in [3.63, 3.8) is 0 Å². The zero-order valence-electron chi connectivity index (χ0n) is 11.1. The van der Waals surface area contributed by atoms with Crippen molar-refractivity contribution in [2.45, 2.75) is 33.4 Å². The van der Waals surface area contributed by atoms with Crippen LogP contribution >= 0.6 is 31.9 Å². The normalized spacial score (nSPS) is 10.7. The largest absolute Gasteiger partial charge is 0.376 e. The molecule has 0 aliphatic heterocycles. The van der Waals surface area contributed by atoms with E-state index in [-0.39, 0.29) is 0 Å². The Balaban J connectivity index is 2.12. The van der Waals surface area contributed by atoms with Gasteiger partial charge in [0.2, 0.25) is 0 Å². The zero-order chi connectivity index (χ0) is 13.8. The summed E-state index contributed by atoms with van der Waals surface area (Å²) in [7, 11) is 0. The summed E-state index contributed by atoms with van der Waals surface area (Å²) in [6.45, 7) is 5.97. The predicted molar refractivity (Wildman–Crippen MR) is 86.4 cm³/mol. The Morgan fingerprint density at radius 1 is 1.26 bits per heavy atom. The number of anilines is 1. The molecular formula is C14H17Br2N3. The maximum atomic E-state index is 4.40. The minimum absolute atomic E-state index is 0.716. The van der Waals surface area contributed by atoms with E-state index >= 15 is 0 Å². The molecule has 0 amide bonds. The summed E-state index contributed by atoms with van der Waals surface area (Å²) < 4.78 is 4.31. The van der Waals surface area contributed by atoms with E-state index in [1.807, 2.05) is 12.4 Å². The third-order valence-electron chi connectivity index (χ3n) is 2.88. The lowest BCUT2D eigenvalue weighted by atomic mass is 10.2. The third kappa shape index (κ3) is 3.60. The van der Waals surface area contributed by atoms with Gasteiger partial charge in [0.15, 0.2) is 0 Å². The van der Waals surface area contributed by atoms with E-state index in [4.69, 9.17) is 0 Å². The van der Waals surface area contributed by atoms with Crippen LogP contribution in [0, 0.1) is 6.92 Å². The lowest BCUT2D eigenvalue weighted by Gasteiger charge is -2.12. The number of imidazole rings is 1. The lowest BCUT2D eigenvalue weighted by Crippen LogP contribution is -2.09. The molecule has 19 heavy (non-hydrogen) atoms. The van der Waals surface area contributed by atoms with Gasteiger partial charge in [0.05, 0.1) is 12.2 Å². The highest BCUT2D eigenvalue weighted by Gasteiger charge is 2.08. The van der Waals surface area contributed by atoms with Crippen molar-refractivity contribution in [2.75, 3.05) is 5.32 Å². The number of nitrogens with zero attached hydrogens (tertiary/aromatic N) is 2. The molecule has 1 aromatic heterocycles. The highest BCUT2D eigenvalue weighted by atomic mass is 79.9. The number of hydrogen-bond donors (Lipinski definition) is 1. The molecule has 0 spiro atoms. The van der Waals surface area contributed by atoms with Crippen LogP contribution in [0.4, 0.5) is 5.69 Å². The SMILES string of the molecule is CCCn1ccnc1CNc1c(Br)cc(C)cc1Br. The number of nitrogens with one attached hydrogen (secondary N) is 1. The van der Waals surface area contributed by atoms with Crippen LogP contribution in [0.2, 0.25) is 0 Å². The molecule has 0 radical (unpaired) electrons. The smallest absolute Gasteiger partial charge is 0.128 e. The first-order chi connectivity index (χ1) is 9.11. The molecule has 0 saturated carbocycles. The third-order valence-corrected chi connectivity index (χ3v) is 4.13. The fourth-order valence-electron chi connectivity index (χ4n) is 1.99. The highest BCUT2D eigenvalue weighted by Crippen LogP contribution is 2.32. The minimum Gasteiger partial charge on any atom is -0.376 e. The van der Waals surface area contributed by atoms with Crippen molar-refractivity contribution < 1.29 is 0 Å². The maximum Gasteiger partial charge on any atom is 0.128 e. The fourth-order valence-corrected chi connectivity index (χ4v) is 3.68. The van der Waals surface area contributed by atoms with Gasteiger partial charge in [0, 0.05) is 27.9 Å². The number of aromatic nitrogens is 2. The van der Waals surface area contributed by atoms with Crippen molar-refractivity contribution in [3.05, 3.63) is 44.9 Å². The van der Waals surface area contributed by atoms with Crippen LogP contribution < -0.4 is 5.32 Å². The van der Waals surface area contributed by atoms with E-state index in [2.05, 4.69) is 72.7 Å². The van der Waals surface area contributed by atoms with Gasteiger partial charge in [-0.3, -0.25) is 0 Å². The first-order valence-corrected chi connectivity index (χ1v) is 7.90. The number of hydrogen-bond acceptors (Lipinski definition) is 2. The Bertz CT molecular complexity index is 541. The molecule has 0 atom stereocenters. The van der Waals surface area contributed by atoms with Crippen molar-refractivity contribution >= 4 is 37.5 Å². The molecule has 102 valence electrons. The van der Waals surface area contributed by atoms with Crippen LogP contribution in [-0.2, 0) is 13.1 Å². The molecule has 2 rings (SSSR count). The van der Waals surface area contributed by atoms with Gasteiger partial charge in [-0.1, -0.05) is 6.92 Å². The second kappa shape index (κ2) is 6.57. The first-order valence-electron chi connectivity index (χ1n) is 6.31. The lowest BCUT2D eigenvalue weighted by molar-refractivity contribution is 0.644. The number of halogens is 2. The average molecular weight is 387 g/mol. The quantitative estimate of drug-likeness (QED) is 0.804. The average Bonchev–Trinajstić information content (AvgIpc) is 2.76. The molecule has 1 N–H and O–H groups in total. The Morgan fingerprint density at radius 2 is 1.95 bits per heavy atom. The molecule has 0 bridgehead atoms. The van der Waals surface area contributed by atoms with E-state index < -0.39 is 0 Å². The van der Waals surface area contributed by atoms with Gasteiger partial charge in [-0.15, -0.1) is 0 Å².